The van der Waals surface area contributed by atoms with Crippen LogP contribution in [-0.2, 0) is 35.3 Å². The normalized spacial score (nSPS) is 17.6. The molecule has 0 unspecified atom stereocenters. The average Bonchev–Trinajstić information content (AvgIpc) is 3.04. The van der Waals surface area contributed by atoms with Gasteiger partial charge in [-0.3, -0.25) is 9.59 Å². The highest BCUT2D eigenvalue weighted by Gasteiger charge is 2.22. The van der Waals surface area contributed by atoms with Crippen molar-refractivity contribution in [3.63, 3.8) is 0 Å². The van der Waals surface area contributed by atoms with Gasteiger partial charge in [0.15, 0.2) is 34.5 Å². The Balaban J connectivity index is 1.45. The van der Waals surface area contributed by atoms with Crippen LogP contribution in [0.3, 0.4) is 0 Å². The van der Waals surface area contributed by atoms with E-state index in [9.17, 15) is 19.8 Å². The third-order valence-electron chi connectivity index (χ3n) is 7.73. The molecule has 4 aromatic carbocycles. The highest BCUT2D eigenvalue weighted by molar-refractivity contribution is 9.11. The molecule has 0 radical (unpaired) electrons. The van der Waals surface area contributed by atoms with Gasteiger partial charge in [-0.2, -0.15) is 0 Å². The Kier molecular flexibility index (Phi) is 13.4. The maximum Gasteiger partial charge on any atom is 0.237 e. The van der Waals surface area contributed by atoms with Gasteiger partial charge in [0.1, 0.15) is 0 Å². The molecule has 4 heterocycles. The van der Waals surface area contributed by atoms with Crippen molar-refractivity contribution in [3.05, 3.63) is 97.6 Å². The maximum atomic E-state index is 13.0. The van der Waals surface area contributed by atoms with E-state index in [0.29, 0.717) is 69.8 Å². The Morgan fingerprint density at radius 2 is 0.860 bits per heavy atom. The SMILES string of the molecule is N[C@@H]1Cc2cc(Br)c(c(Br)c2)Oc2cc(cc(Br)c2O)C[C@@H](N)C(=O)NCCc2cc(Br)c(c(Br)c2)Oc2cc(cc(Br)c2O)CCNC1=O. The number of halogens is 6. The van der Waals surface area contributed by atoms with Crippen molar-refractivity contribution >= 4 is 107 Å². The zero-order chi connectivity index (χ0) is 36.3. The lowest BCUT2D eigenvalue weighted by Crippen LogP contribution is -2.42. The molecule has 4 aliphatic heterocycles. The second-order valence-electron chi connectivity index (χ2n) is 11.5. The Morgan fingerprint density at radius 3 is 1.30 bits per heavy atom. The van der Waals surface area contributed by atoms with Crippen molar-refractivity contribution < 1.29 is 29.3 Å². The van der Waals surface area contributed by atoms with Gasteiger partial charge < -0.3 is 41.8 Å². The van der Waals surface area contributed by atoms with Gasteiger partial charge in [0.25, 0.3) is 0 Å². The lowest BCUT2D eigenvalue weighted by Gasteiger charge is -2.18. The second-order valence-corrected chi connectivity index (χ2v) is 16.7. The first-order valence-electron chi connectivity index (χ1n) is 15.1. The van der Waals surface area contributed by atoms with E-state index in [1.165, 1.54) is 0 Å². The van der Waals surface area contributed by atoms with Gasteiger partial charge in [0.2, 0.25) is 11.8 Å². The van der Waals surface area contributed by atoms with E-state index >= 15 is 0 Å². The molecule has 264 valence electrons. The minimum absolute atomic E-state index is 0.0778. The summed E-state index contributed by atoms with van der Waals surface area (Å²) < 4.78 is 15.5. The number of aromatic hydroxyl groups is 2. The van der Waals surface area contributed by atoms with Crippen molar-refractivity contribution in [2.45, 2.75) is 37.8 Å². The molecule has 4 aromatic rings. The summed E-state index contributed by atoms with van der Waals surface area (Å²) >= 11 is 21.0. The average molecular weight is 1070 g/mol. The van der Waals surface area contributed by atoms with Crippen LogP contribution in [0.25, 0.3) is 0 Å². The van der Waals surface area contributed by atoms with E-state index in [1.54, 1.807) is 36.4 Å². The number of amides is 2. The third kappa shape index (κ3) is 9.62. The summed E-state index contributed by atoms with van der Waals surface area (Å²) in [6.45, 7) is 0.625. The topological polar surface area (TPSA) is 169 Å². The van der Waals surface area contributed by atoms with Crippen LogP contribution in [0.5, 0.6) is 34.5 Å². The molecule has 8 N–H and O–H groups in total. The first-order chi connectivity index (χ1) is 23.7. The van der Waals surface area contributed by atoms with Crippen LogP contribution >= 0.6 is 95.6 Å². The predicted molar refractivity (Wildman–Crippen MR) is 212 cm³/mol. The van der Waals surface area contributed by atoms with Crippen LogP contribution in [0.1, 0.15) is 22.3 Å². The number of phenolic OH excluding ortho intramolecular Hbond substituents is 2. The number of nitrogens with two attached hydrogens (primary N) is 2. The van der Waals surface area contributed by atoms with Gasteiger partial charge in [-0.1, -0.05) is 0 Å². The summed E-state index contributed by atoms with van der Waals surface area (Å²) in [7, 11) is 0. The molecule has 0 spiro atoms. The highest BCUT2D eigenvalue weighted by Crippen LogP contribution is 2.45. The smallest absolute Gasteiger partial charge is 0.237 e. The van der Waals surface area contributed by atoms with Crippen molar-refractivity contribution in [2.24, 2.45) is 11.5 Å². The Labute approximate surface area is 338 Å². The number of phenols is 2. The molecule has 4 aliphatic rings. The van der Waals surface area contributed by atoms with Crippen molar-refractivity contribution in [1.29, 1.82) is 0 Å². The minimum atomic E-state index is -0.873. The van der Waals surface area contributed by atoms with Crippen LogP contribution in [0.4, 0.5) is 0 Å². The number of carbonyl (C=O) groups is 2. The van der Waals surface area contributed by atoms with Gasteiger partial charge in [-0.25, -0.2) is 0 Å². The van der Waals surface area contributed by atoms with E-state index in [1.807, 2.05) is 12.1 Å². The molecule has 2 amide bonds. The summed E-state index contributed by atoms with van der Waals surface area (Å²) in [6, 6.07) is 12.4. The van der Waals surface area contributed by atoms with Gasteiger partial charge in [-0.15, -0.1) is 0 Å². The fourth-order valence-corrected chi connectivity index (χ4v) is 9.05. The fourth-order valence-electron chi connectivity index (χ4n) is 5.19. The first-order valence-corrected chi connectivity index (χ1v) is 19.9. The van der Waals surface area contributed by atoms with Gasteiger partial charge in [0.05, 0.1) is 38.9 Å². The molecule has 0 saturated carbocycles. The Morgan fingerprint density at radius 1 is 0.540 bits per heavy atom. The highest BCUT2D eigenvalue weighted by atomic mass is 79.9. The van der Waals surface area contributed by atoms with Crippen LogP contribution in [0.2, 0.25) is 0 Å². The quantitative estimate of drug-likeness (QED) is 0.103. The summed E-state index contributed by atoms with van der Waals surface area (Å²) in [5, 5.41) is 27.3. The zero-order valence-corrected chi connectivity index (χ0v) is 35.5. The number of ether oxygens (including phenoxy) is 2. The second kappa shape index (κ2) is 17.1. The molecular formula is C34H30Br6N4O6. The summed E-state index contributed by atoms with van der Waals surface area (Å²) in [5.74, 6) is 0.332. The molecule has 8 bridgehead atoms. The molecular weight excluding hydrogens is 1040 g/mol. The lowest BCUT2D eigenvalue weighted by molar-refractivity contribution is -0.123. The van der Waals surface area contributed by atoms with E-state index in [4.69, 9.17) is 20.9 Å². The number of hydrogen-bond acceptors (Lipinski definition) is 8. The molecule has 16 heteroatoms. The van der Waals surface area contributed by atoms with Gasteiger partial charge in [-0.05, 0) is 192 Å². The fraction of sp³-hybridized carbons (Fsp3) is 0.235. The van der Waals surface area contributed by atoms with E-state index in [2.05, 4.69) is 106 Å². The zero-order valence-electron chi connectivity index (χ0n) is 26.0. The number of nitrogens with one attached hydrogen (secondary N) is 2. The van der Waals surface area contributed by atoms with Crippen LogP contribution in [-0.4, -0.2) is 47.2 Å². The Hall–Kier alpha value is -2.18. The summed E-state index contributed by atoms with van der Waals surface area (Å²) in [6.07, 6.45) is 1.36. The molecule has 2 atom stereocenters. The largest absolute Gasteiger partial charge is 0.503 e. The third-order valence-corrected chi connectivity index (χ3v) is 11.3. The van der Waals surface area contributed by atoms with Crippen LogP contribution in [0.15, 0.2) is 75.4 Å². The van der Waals surface area contributed by atoms with E-state index in [0.717, 1.165) is 16.7 Å². The standard InChI is InChI=1S/C34H30Br6N4O6/c35-19-5-16-2-4-44-33(47)25(41)11-17-9-23(39)32(24(40)10-17)50-28-14-18(8-20(36)30(28)46)12-26(42)34(48)43-3-1-15-6-21(37)31(22(38)7-15)49-27(13-16)29(19)45/h5-10,13-14,25-26,45-46H,1-4,11-12,41-42H2,(H,43,48)(H,44,47)/t25-,26-/m1/s1. The monoisotopic (exact) mass is 1060 g/mol. The number of hydrogen-bond donors (Lipinski definition) is 6. The molecule has 50 heavy (non-hydrogen) atoms. The van der Waals surface area contributed by atoms with Crippen molar-refractivity contribution in [2.75, 3.05) is 13.1 Å². The van der Waals surface area contributed by atoms with Crippen LogP contribution < -0.4 is 31.6 Å². The molecule has 0 fully saturated rings. The summed E-state index contributed by atoms with van der Waals surface area (Å²) in [5.41, 5.74) is 15.7. The Bertz CT molecular complexity index is 1920. The van der Waals surface area contributed by atoms with Crippen molar-refractivity contribution in [3.8, 4) is 34.5 Å². The van der Waals surface area contributed by atoms with E-state index < -0.39 is 12.1 Å². The van der Waals surface area contributed by atoms with E-state index in [-0.39, 0.29) is 47.7 Å². The van der Waals surface area contributed by atoms with Crippen LogP contribution in [0, 0.1) is 0 Å². The number of rotatable bonds is 0. The van der Waals surface area contributed by atoms with Gasteiger partial charge in [0, 0.05) is 13.1 Å². The molecule has 0 aliphatic carbocycles. The summed E-state index contributed by atoms with van der Waals surface area (Å²) in [4.78, 5) is 25.9. The first kappa shape index (κ1) is 39.0. The number of carbonyl (C=O) groups excluding carboxylic acids is 2. The minimum Gasteiger partial charge on any atom is -0.503 e. The van der Waals surface area contributed by atoms with Gasteiger partial charge >= 0.3 is 0 Å². The molecule has 8 rings (SSSR count). The predicted octanol–water partition coefficient (Wildman–Crippen LogP) is 8.03. The lowest BCUT2D eigenvalue weighted by atomic mass is 10.0. The number of benzene rings is 4. The molecule has 0 aromatic heterocycles. The molecule has 10 nitrogen and oxygen atoms in total. The molecule has 0 saturated heterocycles. The van der Waals surface area contributed by atoms with Crippen molar-refractivity contribution in [1.82, 2.24) is 10.6 Å². The maximum absolute atomic E-state index is 13.0.